The molecule has 0 aliphatic carbocycles. The molecule has 0 spiro atoms. The normalized spacial score (nSPS) is 12.5. The molecule has 0 aromatic rings. The number of unbranched alkanes of at least 4 members (excludes halogenated alkanes) is 28. The molecule has 0 aliphatic rings. The molecule has 0 rings (SSSR count). The van der Waals surface area contributed by atoms with Crippen molar-refractivity contribution in [1.29, 1.82) is 0 Å². The molecular formula is C58H102O6. The van der Waals surface area contributed by atoms with Gasteiger partial charge in [-0.3, -0.25) is 14.4 Å². The molecule has 0 aromatic heterocycles. The Morgan fingerprint density at radius 1 is 0.328 bits per heavy atom. The molecule has 0 amide bonds. The highest BCUT2D eigenvalue weighted by atomic mass is 16.6. The Hall–Kier alpha value is -2.89. The molecule has 0 saturated carbocycles. The van der Waals surface area contributed by atoms with Crippen molar-refractivity contribution in [2.24, 2.45) is 0 Å². The van der Waals surface area contributed by atoms with Crippen LogP contribution >= 0.6 is 0 Å². The maximum Gasteiger partial charge on any atom is 0.306 e. The van der Waals surface area contributed by atoms with Crippen molar-refractivity contribution >= 4 is 17.9 Å². The summed E-state index contributed by atoms with van der Waals surface area (Å²) < 4.78 is 16.8. The molecule has 0 radical (unpaired) electrons. The van der Waals surface area contributed by atoms with Crippen LogP contribution in [0.2, 0.25) is 0 Å². The van der Waals surface area contributed by atoms with Crippen LogP contribution in [0, 0.1) is 0 Å². The molecule has 0 fully saturated rings. The summed E-state index contributed by atoms with van der Waals surface area (Å²) in [7, 11) is 0. The first-order chi connectivity index (χ1) is 31.5. The molecule has 64 heavy (non-hydrogen) atoms. The van der Waals surface area contributed by atoms with E-state index in [1.807, 2.05) is 0 Å². The van der Waals surface area contributed by atoms with Gasteiger partial charge in [0.15, 0.2) is 6.10 Å². The van der Waals surface area contributed by atoms with Gasteiger partial charge < -0.3 is 14.2 Å². The third kappa shape index (κ3) is 50.1. The van der Waals surface area contributed by atoms with E-state index in [0.29, 0.717) is 19.3 Å². The number of carbonyl (C=O) groups excluding carboxylic acids is 3. The van der Waals surface area contributed by atoms with Crippen LogP contribution in [-0.4, -0.2) is 37.2 Å². The van der Waals surface area contributed by atoms with Gasteiger partial charge in [-0.15, -0.1) is 0 Å². The topological polar surface area (TPSA) is 78.9 Å². The molecule has 6 nitrogen and oxygen atoms in total. The zero-order chi connectivity index (χ0) is 46.5. The van der Waals surface area contributed by atoms with Crippen molar-refractivity contribution in [1.82, 2.24) is 0 Å². The number of hydrogen-bond acceptors (Lipinski definition) is 6. The lowest BCUT2D eigenvalue weighted by Gasteiger charge is -2.18. The van der Waals surface area contributed by atoms with E-state index in [4.69, 9.17) is 14.2 Å². The largest absolute Gasteiger partial charge is 0.462 e. The lowest BCUT2D eigenvalue weighted by molar-refractivity contribution is -0.167. The van der Waals surface area contributed by atoms with Crippen LogP contribution in [0.4, 0.5) is 0 Å². The zero-order valence-electron chi connectivity index (χ0n) is 42.3. The predicted octanol–water partition coefficient (Wildman–Crippen LogP) is 18.0. The summed E-state index contributed by atoms with van der Waals surface area (Å²) in [5, 5.41) is 0. The van der Waals surface area contributed by atoms with Gasteiger partial charge in [-0.25, -0.2) is 0 Å². The van der Waals surface area contributed by atoms with Gasteiger partial charge in [0.05, 0.1) is 0 Å². The summed E-state index contributed by atoms with van der Waals surface area (Å²) in [6.07, 6.45) is 64.9. The van der Waals surface area contributed by atoms with E-state index < -0.39 is 6.10 Å². The second kappa shape index (κ2) is 52.7. The van der Waals surface area contributed by atoms with E-state index in [1.165, 1.54) is 128 Å². The minimum atomic E-state index is -0.780. The average molecular weight is 895 g/mol. The smallest absolute Gasteiger partial charge is 0.306 e. The minimum Gasteiger partial charge on any atom is -0.462 e. The molecule has 0 bridgehead atoms. The number of hydrogen-bond donors (Lipinski definition) is 0. The van der Waals surface area contributed by atoms with E-state index >= 15 is 0 Å². The predicted molar refractivity (Wildman–Crippen MR) is 275 cm³/mol. The maximum atomic E-state index is 12.8. The summed E-state index contributed by atoms with van der Waals surface area (Å²) in [5.74, 6) is -0.893. The standard InChI is InChI=1S/C58H102O6/c1-4-7-10-13-16-19-22-25-27-28-29-30-32-34-37-39-42-45-48-51-57(60)63-54-55(64-58(61)52-49-46-43-40-35-24-21-18-15-12-9-6-3)53-62-56(59)50-47-44-41-38-36-33-31-26-23-20-17-14-11-8-5-2/h8,11,16-17,19-20,25-27,31,55H,4-7,9-10,12-15,18,21-24,28-30,32-54H2,1-3H3/b11-8-,19-16-,20-17-,27-25-,31-26-/t55-/m1/s1. The molecule has 6 heteroatoms. The van der Waals surface area contributed by atoms with E-state index in [1.54, 1.807) is 0 Å². The first-order valence-corrected chi connectivity index (χ1v) is 27.3. The Morgan fingerprint density at radius 3 is 0.984 bits per heavy atom. The monoisotopic (exact) mass is 895 g/mol. The SMILES string of the molecule is CC/C=C\C/C=C\C/C=C\CCCCCCCC(=O)OC[C@H](COC(=O)CCCCCCCCCCC/C=C\C/C=C\CCCCC)OC(=O)CCCCCCCCCCCCCC. The first-order valence-electron chi connectivity index (χ1n) is 27.3. The quantitative estimate of drug-likeness (QED) is 0.0262. The second-order valence-corrected chi connectivity index (χ2v) is 18.1. The van der Waals surface area contributed by atoms with E-state index in [-0.39, 0.29) is 31.1 Å². The molecule has 0 heterocycles. The van der Waals surface area contributed by atoms with Crippen molar-refractivity contribution in [3.63, 3.8) is 0 Å². The van der Waals surface area contributed by atoms with Crippen molar-refractivity contribution in [2.45, 2.75) is 277 Å². The van der Waals surface area contributed by atoms with Crippen LogP contribution in [0.15, 0.2) is 60.8 Å². The molecule has 0 N–H and O–H groups in total. The highest BCUT2D eigenvalue weighted by Gasteiger charge is 2.19. The lowest BCUT2D eigenvalue weighted by Crippen LogP contribution is -2.30. The van der Waals surface area contributed by atoms with Gasteiger partial charge >= 0.3 is 17.9 Å². The summed E-state index contributed by atoms with van der Waals surface area (Å²) in [5.41, 5.74) is 0. The van der Waals surface area contributed by atoms with Crippen LogP contribution in [0.25, 0.3) is 0 Å². The van der Waals surface area contributed by atoms with E-state index in [2.05, 4.69) is 81.5 Å². The molecule has 1 atom stereocenters. The molecule has 0 aromatic carbocycles. The van der Waals surface area contributed by atoms with Gasteiger partial charge in [0, 0.05) is 19.3 Å². The highest BCUT2D eigenvalue weighted by Crippen LogP contribution is 2.15. The fourth-order valence-corrected chi connectivity index (χ4v) is 7.66. The molecular weight excluding hydrogens is 793 g/mol. The summed E-state index contributed by atoms with van der Waals surface area (Å²) in [6.45, 7) is 6.50. The maximum absolute atomic E-state index is 12.8. The van der Waals surface area contributed by atoms with Crippen molar-refractivity contribution < 1.29 is 28.6 Å². The molecule has 370 valence electrons. The van der Waals surface area contributed by atoms with Gasteiger partial charge in [0.25, 0.3) is 0 Å². The number of allylic oxidation sites excluding steroid dienone is 10. The fourth-order valence-electron chi connectivity index (χ4n) is 7.66. The van der Waals surface area contributed by atoms with Gasteiger partial charge in [0.2, 0.25) is 0 Å². The summed E-state index contributed by atoms with van der Waals surface area (Å²) >= 11 is 0. The van der Waals surface area contributed by atoms with E-state index in [0.717, 1.165) is 103 Å². The van der Waals surface area contributed by atoms with Crippen LogP contribution in [0.5, 0.6) is 0 Å². The fraction of sp³-hybridized carbons (Fsp3) is 0.776. The Balaban J connectivity index is 4.35. The Morgan fingerprint density at radius 2 is 0.609 bits per heavy atom. The number of esters is 3. The highest BCUT2D eigenvalue weighted by molar-refractivity contribution is 5.71. The van der Waals surface area contributed by atoms with Gasteiger partial charge in [-0.05, 0) is 83.5 Å². The second-order valence-electron chi connectivity index (χ2n) is 18.1. The minimum absolute atomic E-state index is 0.0801. The molecule has 0 aliphatic heterocycles. The zero-order valence-corrected chi connectivity index (χ0v) is 42.3. The molecule has 0 unspecified atom stereocenters. The van der Waals surface area contributed by atoms with Crippen molar-refractivity contribution in [3.05, 3.63) is 60.8 Å². The lowest BCUT2D eigenvalue weighted by atomic mass is 10.0. The van der Waals surface area contributed by atoms with Crippen molar-refractivity contribution in [3.8, 4) is 0 Å². The first kappa shape index (κ1) is 61.1. The Kier molecular flexibility index (Phi) is 50.4. The van der Waals surface area contributed by atoms with Crippen LogP contribution < -0.4 is 0 Å². The number of ether oxygens (including phenoxy) is 3. The van der Waals surface area contributed by atoms with Gasteiger partial charge in [-0.2, -0.15) is 0 Å². The van der Waals surface area contributed by atoms with Crippen LogP contribution in [0.1, 0.15) is 271 Å². The summed E-state index contributed by atoms with van der Waals surface area (Å²) in [6, 6.07) is 0. The third-order valence-corrected chi connectivity index (χ3v) is 11.8. The average Bonchev–Trinajstić information content (AvgIpc) is 3.29. The number of rotatable bonds is 49. The third-order valence-electron chi connectivity index (χ3n) is 11.8. The van der Waals surface area contributed by atoms with Crippen LogP contribution in [-0.2, 0) is 28.6 Å². The van der Waals surface area contributed by atoms with Gasteiger partial charge in [0.1, 0.15) is 13.2 Å². The summed E-state index contributed by atoms with van der Waals surface area (Å²) in [4.78, 5) is 38.0. The molecule has 0 saturated heterocycles. The van der Waals surface area contributed by atoms with E-state index in [9.17, 15) is 14.4 Å². The van der Waals surface area contributed by atoms with Gasteiger partial charge in [-0.1, -0.05) is 229 Å². The van der Waals surface area contributed by atoms with Crippen molar-refractivity contribution in [2.75, 3.05) is 13.2 Å². The Labute approximate surface area is 396 Å². The van der Waals surface area contributed by atoms with Crippen LogP contribution in [0.3, 0.4) is 0 Å². The Bertz CT molecular complexity index is 1170. The number of carbonyl (C=O) groups is 3.